The highest BCUT2D eigenvalue weighted by molar-refractivity contribution is 5.59. The van der Waals surface area contributed by atoms with E-state index in [0.29, 0.717) is 18.0 Å². The van der Waals surface area contributed by atoms with Crippen molar-refractivity contribution in [2.45, 2.75) is 13.3 Å². The molecule has 0 aromatic carbocycles. The Balaban J connectivity index is 2.45. The summed E-state index contributed by atoms with van der Waals surface area (Å²) >= 11 is 0. The maximum Gasteiger partial charge on any atom is 0.391 e. The summed E-state index contributed by atoms with van der Waals surface area (Å²) in [5.74, 6) is 0.152. The van der Waals surface area contributed by atoms with Gasteiger partial charge in [0.25, 0.3) is 0 Å². The average molecular weight is 222 g/mol. The van der Waals surface area contributed by atoms with Crippen LogP contribution in [-0.2, 0) is 0 Å². The normalized spacial score (nSPS) is 10.6. The van der Waals surface area contributed by atoms with Gasteiger partial charge >= 0.3 is 5.82 Å². The standard InChI is InChI=1S/C9H10N4O3/c1-2-5-16-9-7-6-8(13(14)15)11-12(7)4-3-10-9/h3-4,6H,2,5H2,1H3. The smallest absolute Gasteiger partial charge is 0.391 e. The van der Waals surface area contributed by atoms with E-state index in [4.69, 9.17) is 4.74 Å². The number of nitrogens with zero attached hydrogens (tertiary/aromatic N) is 4. The van der Waals surface area contributed by atoms with Gasteiger partial charge in [0.05, 0.1) is 30.2 Å². The molecule has 0 saturated heterocycles. The van der Waals surface area contributed by atoms with Crippen molar-refractivity contribution in [2.75, 3.05) is 6.61 Å². The molecule has 0 fully saturated rings. The van der Waals surface area contributed by atoms with E-state index < -0.39 is 4.92 Å². The molecule has 0 bridgehead atoms. The summed E-state index contributed by atoms with van der Waals surface area (Å²) in [6.07, 6.45) is 3.88. The molecule has 2 rings (SSSR count). The van der Waals surface area contributed by atoms with E-state index in [-0.39, 0.29) is 5.82 Å². The lowest BCUT2D eigenvalue weighted by molar-refractivity contribution is -0.389. The van der Waals surface area contributed by atoms with Gasteiger partial charge in [-0.1, -0.05) is 6.92 Å². The fourth-order valence-corrected chi connectivity index (χ4v) is 1.28. The topological polar surface area (TPSA) is 82.6 Å². The number of fused-ring (bicyclic) bond motifs is 1. The fourth-order valence-electron chi connectivity index (χ4n) is 1.28. The molecule has 2 aromatic rings. The predicted octanol–water partition coefficient (Wildman–Crippen LogP) is 1.43. The van der Waals surface area contributed by atoms with E-state index in [1.54, 1.807) is 6.20 Å². The van der Waals surface area contributed by atoms with Crippen LogP contribution in [-0.4, -0.2) is 26.1 Å². The van der Waals surface area contributed by atoms with Crippen LogP contribution in [0.1, 0.15) is 13.3 Å². The van der Waals surface area contributed by atoms with Crippen molar-refractivity contribution in [2.24, 2.45) is 0 Å². The second kappa shape index (κ2) is 4.13. The SMILES string of the molecule is CCCOc1nccn2nc([N+](=O)[O-])cc12. The summed E-state index contributed by atoms with van der Waals surface area (Å²) in [5.41, 5.74) is 0.502. The molecular weight excluding hydrogens is 212 g/mol. The molecule has 7 nitrogen and oxygen atoms in total. The molecule has 7 heteroatoms. The lowest BCUT2D eigenvalue weighted by atomic mass is 10.5. The largest absolute Gasteiger partial charge is 0.476 e. The highest BCUT2D eigenvalue weighted by Gasteiger charge is 2.16. The Hall–Kier alpha value is -2.18. The molecule has 0 aliphatic rings. The molecule has 2 heterocycles. The molecular formula is C9H10N4O3. The van der Waals surface area contributed by atoms with E-state index in [0.717, 1.165) is 6.42 Å². The fraction of sp³-hybridized carbons (Fsp3) is 0.333. The molecule has 0 unspecified atom stereocenters. The monoisotopic (exact) mass is 222 g/mol. The number of nitro groups is 1. The number of ether oxygens (including phenoxy) is 1. The van der Waals surface area contributed by atoms with Gasteiger partial charge in [-0.2, -0.15) is 0 Å². The summed E-state index contributed by atoms with van der Waals surface area (Å²) in [4.78, 5) is 14.0. The minimum atomic E-state index is -0.545. The zero-order chi connectivity index (χ0) is 11.5. The van der Waals surface area contributed by atoms with Gasteiger partial charge in [0, 0.05) is 0 Å². The van der Waals surface area contributed by atoms with Crippen molar-refractivity contribution in [3.8, 4) is 5.88 Å². The summed E-state index contributed by atoms with van der Waals surface area (Å²) < 4.78 is 6.75. The molecule has 0 amide bonds. The highest BCUT2D eigenvalue weighted by atomic mass is 16.6. The van der Waals surface area contributed by atoms with Crippen molar-refractivity contribution >= 4 is 11.3 Å². The van der Waals surface area contributed by atoms with Crippen molar-refractivity contribution in [1.29, 1.82) is 0 Å². The molecule has 0 saturated carbocycles. The van der Waals surface area contributed by atoms with Gasteiger partial charge in [0.1, 0.15) is 0 Å². The third-order valence-corrected chi connectivity index (χ3v) is 1.97. The van der Waals surface area contributed by atoms with Crippen molar-refractivity contribution in [3.63, 3.8) is 0 Å². The second-order valence-electron chi connectivity index (χ2n) is 3.17. The lowest BCUT2D eigenvalue weighted by Gasteiger charge is -2.02. The molecule has 0 atom stereocenters. The Bertz CT molecular complexity index is 522. The van der Waals surface area contributed by atoms with Crippen LogP contribution in [0.15, 0.2) is 18.5 Å². The van der Waals surface area contributed by atoms with Crippen molar-refractivity contribution < 1.29 is 9.66 Å². The molecule has 0 aliphatic carbocycles. The minimum absolute atomic E-state index is 0.214. The lowest BCUT2D eigenvalue weighted by Crippen LogP contribution is -1.99. The van der Waals surface area contributed by atoms with E-state index in [1.165, 1.54) is 16.8 Å². The predicted molar refractivity (Wildman–Crippen MR) is 55.4 cm³/mol. The molecule has 0 spiro atoms. The second-order valence-corrected chi connectivity index (χ2v) is 3.17. The number of hydrogen-bond acceptors (Lipinski definition) is 5. The quantitative estimate of drug-likeness (QED) is 0.577. The van der Waals surface area contributed by atoms with Crippen LogP contribution >= 0.6 is 0 Å². The Morgan fingerprint density at radius 2 is 2.44 bits per heavy atom. The minimum Gasteiger partial charge on any atom is -0.476 e. The first-order chi connectivity index (χ1) is 7.72. The molecule has 2 aromatic heterocycles. The van der Waals surface area contributed by atoms with E-state index >= 15 is 0 Å². The average Bonchev–Trinajstić information content (AvgIpc) is 2.70. The molecule has 16 heavy (non-hydrogen) atoms. The molecule has 0 aliphatic heterocycles. The summed E-state index contributed by atoms with van der Waals surface area (Å²) in [7, 11) is 0. The molecule has 0 radical (unpaired) electrons. The van der Waals surface area contributed by atoms with E-state index in [9.17, 15) is 10.1 Å². The van der Waals surface area contributed by atoms with Crippen LogP contribution in [0.5, 0.6) is 5.88 Å². The van der Waals surface area contributed by atoms with E-state index in [2.05, 4.69) is 10.1 Å². The summed E-state index contributed by atoms with van der Waals surface area (Å²) in [6, 6.07) is 1.35. The van der Waals surface area contributed by atoms with Gasteiger partial charge in [-0.25, -0.2) is 4.98 Å². The number of rotatable bonds is 4. The third kappa shape index (κ3) is 1.79. The van der Waals surface area contributed by atoms with Gasteiger partial charge in [0.15, 0.2) is 5.52 Å². The first-order valence-corrected chi connectivity index (χ1v) is 4.84. The van der Waals surface area contributed by atoms with Crippen LogP contribution < -0.4 is 4.74 Å². The van der Waals surface area contributed by atoms with Crippen molar-refractivity contribution in [1.82, 2.24) is 14.6 Å². The third-order valence-electron chi connectivity index (χ3n) is 1.97. The number of aromatic nitrogens is 3. The van der Waals surface area contributed by atoms with Gasteiger partial charge in [-0.15, -0.1) is 4.52 Å². The molecule has 0 N–H and O–H groups in total. The Morgan fingerprint density at radius 3 is 3.12 bits per heavy atom. The van der Waals surface area contributed by atoms with Gasteiger partial charge in [-0.3, -0.25) is 0 Å². The summed E-state index contributed by atoms with van der Waals surface area (Å²) in [5, 5.41) is 14.3. The maximum atomic E-state index is 10.6. The number of hydrogen-bond donors (Lipinski definition) is 0. The Labute approximate surface area is 90.8 Å². The van der Waals surface area contributed by atoms with Gasteiger partial charge < -0.3 is 14.9 Å². The first-order valence-electron chi connectivity index (χ1n) is 4.84. The summed E-state index contributed by atoms with van der Waals surface area (Å²) in [6.45, 7) is 2.49. The highest BCUT2D eigenvalue weighted by Crippen LogP contribution is 2.20. The van der Waals surface area contributed by atoms with Crippen LogP contribution in [0.25, 0.3) is 5.52 Å². The van der Waals surface area contributed by atoms with Crippen LogP contribution in [0.2, 0.25) is 0 Å². The Morgan fingerprint density at radius 1 is 1.62 bits per heavy atom. The first kappa shape index (κ1) is 10.3. The van der Waals surface area contributed by atoms with Crippen molar-refractivity contribution in [3.05, 3.63) is 28.6 Å². The maximum absolute atomic E-state index is 10.6. The van der Waals surface area contributed by atoms with Crippen LogP contribution in [0, 0.1) is 10.1 Å². The van der Waals surface area contributed by atoms with Gasteiger partial charge in [-0.05, 0) is 11.3 Å². The van der Waals surface area contributed by atoms with Gasteiger partial charge in [0.2, 0.25) is 5.88 Å². The molecule has 84 valence electrons. The zero-order valence-corrected chi connectivity index (χ0v) is 8.66. The van der Waals surface area contributed by atoms with Crippen LogP contribution in [0.3, 0.4) is 0 Å². The van der Waals surface area contributed by atoms with E-state index in [1.807, 2.05) is 6.92 Å². The zero-order valence-electron chi connectivity index (χ0n) is 8.66. The Kier molecular flexibility index (Phi) is 2.67. The van der Waals surface area contributed by atoms with Crippen LogP contribution in [0.4, 0.5) is 5.82 Å².